The zero-order valence-corrected chi connectivity index (χ0v) is 8.24. The van der Waals surface area contributed by atoms with Gasteiger partial charge in [0, 0.05) is 6.21 Å². The Morgan fingerprint density at radius 3 is 3.07 bits per heavy atom. The van der Waals surface area contributed by atoms with E-state index < -0.39 is 11.2 Å². The molecule has 0 radical (unpaired) electrons. The highest BCUT2D eigenvalue weighted by atomic mass is 32.2. The zero-order chi connectivity index (χ0) is 10.6. The molecule has 1 aliphatic heterocycles. The molecule has 0 aliphatic carbocycles. The molecule has 0 bridgehead atoms. The summed E-state index contributed by atoms with van der Waals surface area (Å²) < 4.78 is 0. The largest absolute Gasteiger partial charge is 0.481 e. The van der Waals surface area contributed by atoms with Crippen molar-refractivity contribution in [3.8, 4) is 0 Å². The third-order valence-corrected chi connectivity index (χ3v) is 2.47. The highest BCUT2D eigenvalue weighted by molar-refractivity contribution is 8.15. The Bertz CT molecular complexity index is 313. The van der Waals surface area contributed by atoms with E-state index in [2.05, 4.69) is 15.5 Å². The molecule has 0 spiro atoms. The highest BCUT2D eigenvalue weighted by Gasteiger charge is 2.31. The number of nitrogens with zero attached hydrogens (tertiary/aromatic N) is 2. The minimum absolute atomic E-state index is 0.203. The number of aliphatic carboxylic acids is 1. The van der Waals surface area contributed by atoms with Crippen molar-refractivity contribution in [3.63, 3.8) is 0 Å². The molecule has 1 rings (SSSR count). The molecular formula is C7H9N3O3S. The van der Waals surface area contributed by atoms with Crippen molar-refractivity contribution in [2.24, 2.45) is 10.2 Å². The standard InChI is InChI=1S/C7H9N3O3S/c1-2-8-10-7-9-6(13)4(14-7)3-5(11)12/h2,4H,3H2,1H3,(H,11,12)(H,9,10,13). The van der Waals surface area contributed by atoms with Crippen LogP contribution in [0.2, 0.25) is 0 Å². The Balaban J connectivity index is 2.60. The van der Waals surface area contributed by atoms with Crippen molar-refractivity contribution < 1.29 is 14.7 Å². The SMILES string of the molecule is CC=NN=C1NC(=O)C(CC(=O)O)S1. The van der Waals surface area contributed by atoms with Crippen molar-refractivity contribution in [3.05, 3.63) is 0 Å². The Labute approximate surface area is 84.5 Å². The average molecular weight is 215 g/mol. The van der Waals surface area contributed by atoms with Crippen LogP contribution in [0, 0.1) is 0 Å². The van der Waals surface area contributed by atoms with Gasteiger partial charge in [-0.15, -0.1) is 5.10 Å². The number of thioether (sulfide) groups is 1. The van der Waals surface area contributed by atoms with Gasteiger partial charge in [-0.1, -0.05) is 11.8 Å². The lowest BCUT2D eigenvalue weighted by Crippen LogP contribution is -2.26. The molecule has 1 unspecified atom stereocenters. The molecule has 0 aromatic carbocycles. The first-order valence-corrected chi connectivity index (χ1v) is 4.76. The predicted molar refractivity (Wildman–Crippen MR) is 53.4 cm³/mol. The van der Waals surface area contributed by atoms with Crippen LogP contribution in [-0.4, -0.2) is 33.6 Å². The number of hydrogen-bond acceptors (Lipinski definition) is 5. The molecule has 6 nitrogen and oxygen atoms in total. The molecular weight excluding hydrogens is 206 g/mol. The number of nitrogens with one attached hydrogen (secondary N) is 1. The van der Waals surface area contributed by atoms with Crippen LogP contribution in [-0.2, 0) is 9.59 Å². The van der Waals surface area contributed by atoms with Crippen LogP contribution in [0.5, 0.6) is 0 Å². The number of carboxylic acid groups (broad SMARTS) is 1. The van der Waals surface area contributed by atoms with E-state index in [9.17, 15) is 9.59 Å². The zero-order valence-electron chi connectivity index (χ0n) is 7.43. The minimum atomic E-state index is -1.00. The lowest BCUT2D eigenvalue weighted by molar-refractivity contribution is -0.138. The van der Waals surface area contributed by atoms with Crippen molar-refractivity contribution in [1.29, 1.82) is 0 Å². The number of carboxylic acids is 1. The van der Waals surface area contributed by atoms with Crippen molar-refractivity contribution >= 4 is 35.0 Å². The monoisotopic (exact) mass is 215 g/mol. The van der Waals surface area contributed by atoms with E-state index in [4.69, 9.17) is 5.11 Å². The third-order valence-electron chi connectivity index (χ3n) is 1.40. The number of carbonyl (C=O) groups is 2. The summed E-state index contributed by atoms with van der Waals surface area (Å²) in [6.07, 6.45) is 1.27. The summed E-state index contributed by atoms with van der Waals surface area (Å²) in [6.45, 7) is 1.69. The van der Waals surface area contributed by atoms with Gasteiger partial charge in [-0.05, 0) is 6.92 Å². The summed E-state index contributed by atoms with van der Waals surface area (Å²) in [7, 11) is 0. The van der Waals surface area contributed by atoms with E-state index in [1.54, 1.807) is 6.92 Å². The van der Waals surface area contributed by atoms with E-state index in [0.717, 1.165) is 11.8 Å². The second kappa shape index (κ2) is 4.75. The first-order valence-electron chi connectivity index (χ1n) is 3.88. The summed E-state index contributed by atoms with van der Waals surface area (Å²) in [4.78, 5) is 21.5. The Morgan fingerprint density at radius 1 is 1.79 bits per heavy atom. The summed E-state index contributed by atoms with van der Waals surface area (Å²) in [6, 6.07) is 0. The van der Waals surface area contributed by atoms with Gasteiger partial charge >= 0.3 is 5.97 Å². The molecule has 1 fully saturated rings. The number of hydrogen-bond donors (Lipinski definition) is 2. The highest BCUT2D eigenvalue weighted by Crippen LogP contribution is 2.22. The maximum Gasteiger partial charge on any atom is 0.305 e. The maximum absolute atomic E-state index is 11.2. The van der Waals surface area contributed by atoms with E-state index >= 15 is 0 Å². The van der Waals surface area contributed by atoms with E-state index in [1.165, 1.54) is 6.21 Å². The number of amides is 1. The Hall–Kier alpha value is -1.37. The van der Waals surface area contributed by atoms with Gasteiger partial charge in [0.25, 0.3) is 0 Å². The summed E-state index contributed by atoms with van der Waals surface area (Å²) in [5, 5.41) is 17.9. The molecule has 76 valence electrons. The molecule has 0 aromatic rings. The van der Waals surface area contributed by atoms with E-state index in [0.29, 0.717) is 5.17 Å². The number of rotatable bonds is 3. The molecule has 1 saturated heterocycles. The van der Waals surface area contributed by atoms with Gasteiger partial charge in [-0.3, -0.25) is 9.59 Å². The van der Waals surface area contributed by atoms with Gasteiger partial charge in [-0.2, -0.15) is 5.10 Å². The van der Waals surface area contributed by atoms with Crippen molar-refractivity contribution in [2.75, 3.05) is 0 Å². The third kappa shape index (κ3) is 2.84. The first-order chi connectivity index (χ1) is 6.63. The maximum atomic E-state index is 11.2. The van der Waals surface area contributed by atoms with Crippen LogP contribution in [0.1, 0.15) is 13.3 Å². The summed E-state index contributed by atoms with van der Waals surface area (Å²) in [5.74, 6) is -1.33. The Kier molecular flexibility index (Phi) is 3.63. The summed E-state index contributed by atoms with van der Waals surface area (Å²) >= 11 is 1.08. The molecule has 1 atom stereocenters. The van der Waals surface area contributed by atoms with Gasteiger partial charge in [0.2, 0.25) is 5.91 Å². The topological polar surface area (TPSA) is 91.1 Å². The van der Waals surface area contributed by atoms with E-state index in [1.807, 2.05) is 0 Å². The fourth-order valence-corrected chi connectivity index (χ4v) is 1.77. The van der Waals surface area contributed by atoms with Crippen LogP contribution >= 0.6 is 11.8 Å². The van der Waals surface area contributed by atoms with Gasteiger partial charge in [0.1, 0.15) is 5.25 Å². The lowest BCUT2D eigenvalue weighted by atomic mass is 10.3. The Morgan fingerprint density at radius 2 is 2.50 bits per heavy atom. The quantitative estimate of drug-likeness (QED) is 0.514. The van der Waals surface area contributed by atoms with Crippen LogP contribution < -0.4 is 5.32 Å². The van der Waals surface area contributed by atoms with Crippen molar-refractivity contribution in [1.82, 2.24) is 5.32 Å². The molecule has 1 amide bonds. The second-order valence-electron chi connectivity index (χ2n) is 2.47. The minimum Gasteiger partial charge on any atom is -0.481 e. The van der Waals surface area contributed by atoms with Crippen LogP contribution in [0.4, 0.5) is 0 Å². The molecule has 7 heteroatoms. The van der Waals surface area contributed by atoms with E-state index in [-0.39, 0.29) is 12.3 Å². The fourth-order valence-electron chi connectivity index (χ4n) is 0.855. The predicted octanol–water partition coefficient (Wildman–Crippen LogP) is 0.0544. The van der Waals surface area contributed by atoms with Gasteiger partial charge < -0.3 is 10.4 Å². The smallest absolute Gasteiger partial charge is 0.305 e. The normalized spacial score (nSPS) is 24.5. The molecule has 1 aliphatic rings. The molecule has 2 N–H and O–H groups in total. The lowest BCUT2D eigenvalue weighted by Gasteiger charge is -1.97. The van der Waals surface area contributed by atoms with Crippen LogP contribution in [0.15, 0.2) is 10.2 Å². The first kappa shape index (κ1) is 10.7. The summed E-state index contributed by atoms with van der Waals surface area (Å²) in [5.41, 5.74) is 0. The van der Waals surface area contributed by atoms with Crippen molar-refractivity contribution in [2.45, 2.75) is 18.6 Å². The number of amidine groups is 1. The molecule has 0 saturated carbocycles. The van der Waals surface area contributed by atoms with Crippen LogP contribution in [0.25, 0.3) is 0 Å². The van der Waals surface area contributed by atoms with Gasteiger partial charge in [-0.25, -0.2) is 0 Å². The van der Waals surface area contributed by atoms with Crippen LogP contribution in [0.3, 0.4) is 0 Å². The molecule has 0 aromatic heterocycles. The van der Waals surface area contributed by atoms with Gasteiger partial charge in [0.15, 0.2) is 5.17 Å². The molecule has 14 heavy (non-hydrogen) atoms. The number of carbonyl (C=O) groups excluding carboxylic acids is 1. The fraction of sp³-hybridized carbons (Fsp3) is 0.429. The second-order valence-corrected chi connectivity index (χ2v) is 3.66. The molecule has 1 heterocycles. The average Bonchev–Trinajstić information content (AvgIpc) is 2.43. The van der Waals surface area contributed by atoms with Gasteiger partial charge in [0.05, 0.1) is 6.42 Å².